The van der Waals surface area contributed by atoms with E-state index in [-0.39, 0.29) is 11.1 Å². The van der Waals surface area contributed by atoms with Crippen LogP contribution in [0.1, 0.15) is 13.8 Å². The van der Waals surface area contributed by atoms with Crippen LogP contribution < -0.4 is 16.1 Å². The van der Waals surface area contributed by atoms with E-state index >= 15 is 0 Å². The Hall–Kier alpha value is -1.96. The molecule has 17 heavy (non-hydrogen) atoms. The standard InChI is InChI=1S/C5H5NO2S.C4H6N2O2/c1-2-3-4(7)6-5(8)9-3;1-2-3-5-4(7)8-6-3/h2H,1H3,(H,6,7,8);2,6H,1H3,(H,5,7). The maximum atomic E-state index is 10.6. The molecule has 0 unspecified atom stereocenters. The Kier molecular flexibility index (Phi) is 4.58. The molecule has 0 aromatic rings. The number of carbonyl (C=O) groups excluding carboxylic acids is 3. The third-order valence-corrected chi connectivity index (χ3v) is 2.61. The SMILES string of the molecule is CC=C1NOC(=O)N1.CC=C1SC(=O)NC1=O. The Morgan fingerprint density at radius 1 is 1.12 bits per heavy atom. The lowest BCUT2D eigenvalue weighted by atomic mass is 10.5. The van der Waals surface area contributed by atoms with E-state index in [2.05, 4.69) is 21.0 Å². The van der Waals surface area contributed by atoms with Gasteiger partial charge in [0.05, 0.1) is 4.91 Å². The molecule has 0 aromatic heterocycles. The maximum Gasteiger partial charge on any atom is 0.437 e. The van der Waals surface area contributed by atoms with Crippen molar-refractivity contribution in [3.63, 3.8) is 0 Å². The molecule has 7 nitrogen and oxygen atoms in total. The number of hydroxylamine groups is 1. The molecule has 8 heteroatoms. The monoisotopic (exact) mass is 257 g/mol. The van der Waals surface area contributed by atoms with Gasteiger partial charge in [0.25, 0.3) is 11.1 Å². The third kappa shape index (κ3) is 3.83. The Morgan fingerprint density at radius 2 is 1.82 bits per heavy atom. The van der Waals surface area contributed by atoms with Crippen molar-refractivity contribution >= 4 is 29.0 Å². The lowest BCUT2D eigenvalue weighted by Crippen LogP contribution is -2.17. The van der Waals surface area contributed by atoms with Gasteiger partial charge in [-0.25, -0.2) is 10.3 Å². The molecule has 2 heterocycles. The lowest BCUT2D eigenvalue weighted by molar-refractivity contribution is -0.115. The van der Waals surface area contributed by atoms with Gasteiger partial charge in [0.1, 0.15) is 5.82 Å². The van der Waals surface area contributed by atoms with Crippen LogP contribution in [-0.4, -0.2) is 17.2 Å². The van der Waals surface area contributed by atoms with E-state index in [4.69, 9.17) is 0 Å². The highest BCUT2D eigenvalue weighted by Gasteiger charge is 2.23. The maximum absolute atomic E-state index is 10.6. The second-order valence-electron chi connectivity index (χ2n) is 2.82. The highest BCUT2D eigenvalue weighted by Crippen LogP contribution is 2.21. The lowest BCUT2D eigenvalue weighted by Gasteiger charge is -1.86. The molecular weight excluding hydrogens is 246 g/mol. The van der Waals surface area contributed by atoms with E-state index in [1.54, 1.807) is 26.0 Å². The number of hydrogen-bond donors (Lipinski definition) is 3. The Balaban J connectivity index is 0.000000171. The predicted molar refractivity (Wildman–Crippen MR) is 61.4 cm³/mol. The molecule has 2 aliphatic heterocycles. The zero-order valence-electron chi connectivity index (χ0n) is 9.20. The third-order valence-electron chi connectivity index (χ3n) is 1.68. The summed E-state index contributed by atoms with van der Waals surface area (Å²) in [5, 5.41) is 4.24. The van der Waals surface area contributed by atoms with Crippen molar-refractivity contribution in [3.05, 3.63) is 22.9 Å². The van der Waals surface area contributed by atoms with Crippen LogP contribution in [0.5, 0.6) is 0 Å². The van der Waals surface area contributed by atoms with Gasteiger partial charge in [-0.2, -0.15) is 0 Å². The zero-order chi connectivity index (χ0) is 12.8. The highest BCUT2D eigenvalue weighted by molar-refractivity contribution is 8.18. The van der Waals surface area contributed by atoms with Crippen LogP contribution in [0.2, 0.25) is 0 Å². The molecule has 0 saturated carbocycles. The molecule has 3 amide bonds. The molecule has 2 aliphatic rings. The van der Waals surface area contributed by atoms with Gasteiger partial charge in [-0.1, -0.05) is 6.08 Å². The molecule has 3 N–H and O–H groups in total. The van der Waals surface area contributed by atoms with E-state index < -0.39 is 6.09 Å². The molecule has 92 valence electrons. The Bertz CT molecular complexity index is 416. The minimum atomic E-state index is -0.460. The van der Waals surface area contributed by atoms with Gasteiger partial charge < -0.3 is 4.84 Å². The van der Waals surface area contributed by atoms with Gasteiger partial charge >= 0.3 is 6.09 Å². The second kappa shape index (κ2) is 5.94. The molecule has 0 aliphatic carbocycles. The molecule has 2 rings (SSSR count). The molecule has 0 radical (unpaired) electrons. The quantitative estimate of drug-likeness (QED) is 0.559. The number of amides is 3. The van der Waals surface area contributed by atoms with Gasteiger partial charge in [-0.05, 0) is 31.7 Å². The van der Waals surface area contributed by atoms with Crippen molar-refractivity contribution in [2.75, 3.05) is 0 Å². The molecule has 0 spiro atoms. The summed E-state index contributed by atoms with van der Waals surface area (Å²) in [5.74, 6) is 0.308. The molecule has 0 aromatic carbocycles. The summed E-state index contributed by atoms with van der Waals surface area (Å²) in [6.07, 6.45) is 2.86. The average molecular weight is 257 g/mol. The van der Waals surface area contributed by atoms with Crippen molar-refractivity contribution in [2.24, 2.45) is 0 Å². The van der Waals surface area contributed by atoms with E-state index in [0.717, 1.165) is 11.8 Å². The first-order chi connectivity index (χ1) is 8.06. The van der Waals surface area contributed by atoms with E-state index in [1.165, 1.54) is 0 Å². The van der Waals surface area contributed by atoms with Crippen LogP contribution in [-0.2, 0) is 9.63 Å². The number of allylic oxidation sites excluding steroid dienone is 2. The molecule has 0 bridgehead atoms. The summed E-state index contributed by atoms with van der Waals surface area (Å²) in [5.41, 5.74) is 2.36. The number of imide groups is 1. The zero-order valence-corrected chi connectivity index (χ0v) is 10.0. The van der Waals surface area contributed by atoms with Crippen molar-refractivity contribution in [2.45, 2.75) is 13.8 Å². The van der Waals surface area contributed by atoms with Crippen molar-refractivity contribution in [3.8, 4) is 0 Å². The van der Waals surface area contributed by atoms with E-state index in [0.29, 0.717) is 10.7 Å². The fourth-order valence-corrected chi connectivity index (χ4v) is 1.51. The molecule has 2 fully saturated rings. The Labute approximate surface area is 102 Å². The van der Waals surface area contributed by atoms with Crippen molar-refractivity contribution in [1.82, 2.24) is 16.1 Å². The van der Waals surface area contributed by atoms with Crippen LogP contribution in [0, 0.1) is 0 Å². The first kappa shape index (κ1) is 13.1. The number of hydrogen-bond acceptors (Lipinski definition) is 6. The summed E-state index contributed by atoms with van der Waals surface area (Å²) in [6.45, 7) is 3.51. The van der Waals surface area contributed by atoms with Crippen molar-refractivity contribution < 1.29 is 19.2 Å². The van der Waals surface area contributed by atoms with Crippen LogP contribution in [0.3, 0.4) is 0 Å². The first-order valence-electron chi connectivity index (χ1n) is 4.66. The normalized spacial score (nSPS) is 22.6. The fraction of sp³-hybridized carbons (Fsp3) is 0.222. The largest absolute Gasteiger partial charge is 0.437 e. The number of carbonyl (C=O) groups is 3. The summed E-state index contributed by atoms with van der Waals surface area (Å²) in [7, 11) is 0. The number of nitrogens with one attached hydrogen (secondary N) is 3. The van der Waals surface area contributed by atoms with Gasteiger partial charge in [0.15, 0.2) is 0 Å². The van der Waals surface area contributed by atoms with Gasteiger partial charge in [0, 0.05) is 0 Å². The minimum absolute atomic E-state index is 0.284. The molecular formula is C9H11N3O4S. The van der Waals surface area contributed by atoms with Crippen LogP contribution in [0.15, 0.2) is 22.9 Å². The topological polar surface area (TPSA) is 96.5 Å². The second-order valence-corrected chi connectivity index (χ2v) is 3.83. The smallest absolute Gasteiger partial charge is 0.323 e. The van der Waals surface area contributed by atoms with Crippen LogP contribution >= 0.6 is 11.8 Å². The summed E-state index contributed by atoms with van der Waals surface area (Å²) in [6, 6.07) is 0. The van der Waals surface area contributed by atoms with Gasteiger partial charge in [0.2, 0.25) is 0 Å². The number of rotatable bonds is 0. The van der Waals surface area contributed by atoms with E-state index in [1.807, 2.05) is 0 Å². The Morgan fingerprint density at radius 3 is 2.06 bits per heavy atom. The average Bonchev–Trinajstić information content (AvgIpc) is 2.85. The first-order valence-corrected chi connectivity index (χ1v) is 5.48. The molecule has 2 saturated heterocycles. The molecule has 0 atom stereocenters. The minimum Gasteiger partial charge on any atom is -0.323 e. The summed E-state index contributed by atoms with van der Waals surface area (Å²) < 4.78 is 0. The summed E-state index contributed by atoms with van der Waals surface area (Å²) in [4.78, 5) is 36.0. The van der Waals surface area contributed by atoms with Crippen LogP contribution in [0.4, 0.5) is 9.59 Å². The highest BCUT2D eigenvalue weighted by atomic mass is 32.2. The fourth-order valence-electron chi connectivity index (χ4n) is 0.909. The van der Waals surface area contributed by atoms with Gasteiger partial charge in [-0.15, -0.1) is 0 Å². The van der Waals surface area contributed by atoms with E-state index in [9.17, 15) is 14.4 Å². The van der Waals surface area contributed by atoms with Crippen molar-refractivity contribution in [1.29, 1.82) is 0 Å². The predicted octanol–water partition coefficient (Wildman–Crippen LogP) is 0.965. The summed E-state index contributed by atoms with van der Waals surface area (Å²) >= 11 is 0.935. The van der Waals surface area contributed by atoms with Crippen LogP contribution in [0.25, 0.3) is 0 Å². The van der Waals surface area contributed by atoms with Gasteiger partial charge in [-0.3, -0.25) is 20.2 Å². The number of thioether (sulfide) groups is 1.